The van der Waals surface area contributed by atoms with Gasteiger partial charge in [-0.3, -0.25) is 9.32 Å². The predicted molar refractivity (Wildman–Crippen MR) is 160 cm³/mol. The van der Waals surface area contributed by atoms with Gasteiger partial charge in [-0.05, 0) is 25.7 Å². The summed E-state index contributed by atoms with van der Waals surface area (Å²) in [5.41, 5.74) is 0. The van der Waals surface area contributed by atoms with Gasteiger partial charge < -0.3 is 30.8 Å². The lowest BCUT2D eigenvalue weighted by Gasteiger charge is -2.22. The SMILES string of the molecule is CCCCCCCCCCCCCC=CC(O)C(COP(=O)(O)O)NC(=O)CCCCC1SCC2NC(=O)NC21. The van der Waals surface area contributed by atoms with Crippen molar-refractivity contribution < 1.29 is 33.6 Å². The molecule has 2 aliphatic rings. The zero-order valence-electron chi connectivity index (χ0n) is 24.1. The molecule has 10 nitrogen and oxygen atoms in total. The number of unbranched alkanes of at least 4 members (excludes halogenated alkanes) is 12. The minimum Gasteiger partial charge on any atom is -0.387 e. The molecule has 5 atom stereocenters. The number of carbonyl (C=O) groups is 2. The normalized spacial score (nSPS) is 22.2. The van der Waals surface area contributed by atoms with Crippen molar-refractivity contribution >= 4 is 31.5 Å². The Morgan fingerprint density at radius 2 is 1.70 bits per heavy atom. The van der Waals surface area contributed by atoms with Crippen LogP contribution in [0.2, 0.25) is 0 Å². The molecule has 2 saturated heterocycles. The van der Waals surface area contributed by atoms with Gasteiger partial charge in [0, 0.05) is 17.4 Å². The molecule has 6 N–H and O–H groups in total. The fourth-order valence-electron chi connectivity index (χ4n) is 5.25. The molecule has 5 unspecified atom stereocenters. The average molecular weight is 606 g/mol. The maximum atomic E-state index is 12.5. The van der Waals surface area contributed by atoms with Gasteiger partial charge in [-0.2, -0.15) is 11.8 Å². The summed E-state index contributed by atoms with van der Waals surface area (Å²) < 4.78 is 15.8. The van der Waals surface area contributed by atoms with Crippen molar-refractivity contribution in [2.24, 2.45) is 0 Å². The maximum Gasteiger partial charge on any atom is 0.469 e. The van der Waals surface area contributed by atoms with Crippen molar-refractivity contribution in [2.75, 3.05) is 12.4 Å². The summed E-state index contributed by atoms with van der Waals surface area (Å²) in [6, 6.07) is -0.771. The van der Waals surface area contributed by atoms with E-state index < -0.39 is 26.6 Å². The van der Waals surface area contributed by atoms with Crippen molar-refractivity contribution in [3.8, 4) is 0 Å². The molecule has 0 aliphatic carbocycles. The summed E-state index contributed by atoms with van der Waals surface area (Å²) in [4.78, 5) is 42.2. The summed E-state index contributed by atoms with van der Waals surface area (Å²) in [7, 11) is -4.74. The third-order valence-electron chi connectivity index (χ3n) is 7.57. The Balaban J connectivity index is 1.61. The zero-order chi connectivity index (χ0) is 29.2. The fourth-order valence-corrected chi connectivity index (χ4v) is 7.15. The number of nitrogens with one attached hydrogen (secondary N) is 3. The van der Waals surface area contributed by atoms with Crippen LogP contribution in [0.5, 0.6) is 0 Å². The Morgan fingerprint density at radius 1 is 1.05 bits per heavy atom. The lowest BCUT2D eigenvalue weighted by atomic mass is 10.0. The predicted octanol–water partition coefficient (Wildman–Crippen LogP) is 4.92. The molecule has 2 rings (SSSR count). The quantitative estimate of drug-likeness (QED) is 0.0415. The van der Waals surface area contributed by atoms with Crippen molar-refractivity contribution in [3.63, 3.8) is 0 Å². The Morgan fingerprint density at radius 3 is 2.35 bits per heavy atom. The van der Waals surface area contributed by atoms with Crippen LogP contribution in [-0.2, 0) is 13.9 Å². The highest BCUT2D eigenvalue weighted by Gasteiger charge is 2.42. The van der Waals surface area contributed by atoms with Crippen LogP contribution in [0, 0.1) is 0 Å². The molecule has 0 spiro atoms. The molecule has 2 fully saturated rings. The Kier molecular flexibility index (Phi) is 17.5. The van der Waals surface area contributed by atoms with Gasteiger partial charge in [-0.1, -0.05) is 89.7 Å². The number of hydrogen-bond acceptors (Lipinski definition) is 6. The molecule has 2 aliphatic heterocycles. The summed E-state index contributed by atoms with van der Waals surface area (Å²) in [6.07, 6.45) is 19.5. The van der Waals surface area contributed by atoms with Gasteiger partial charge >= 0.3 is 13.9 Å². The van der Waals surface area contributed by atoms with Gasteiger partial charge in [0.25, 0.3) is 0 Å². The van der Waals surface area contributed by atoms with Gasteiger partial charge in [0.2, 0.25) is 5.91 Å². The number of phosphoric acid groups is 1. The lowest BCUT2D eigenvalue weighted by Crippen LogP contribution is -2.45. The Hall–Kier alpha value is -1.10. The molecule has 2 heterocycles. The standard InChI is InChI=1S/C28H52N3O7PS/c1-2-3-4-5-6-7-8-9-10-11-12-13-14-17-24(32)22(20-38-39(35,36)37)29-26(33)19-16-15-18-25-27-23(21-40-25)30-28(34)31-27/h14,17,22-25,27,32H,2-13,15-16,18-21H2,1H3,(H,29,33)(H2,30,31,34)(H2,35,36,37). The first-order valence-electron chi connectivity index (χ1n) is 15.2. The molecular formula is C28H52N3O7PS. The average Bonchev–Trinajstić information content (AvgIpc) is 3.45. The summed E-state index contributed by atoms with van der Waals surface area (Å²) in [5.74, 6) is 0.588. The van der Waals surface area contributed by atoms with Crippen molar-refractivity contribution in [1.82, 2.24) is 16.0 Å². The van der Waals surface area contributed by atoms with E-state index in [0.717, 1.165) is 37.9 Å². The highest BCUT2D eigenvalue weighted by molar-refractivity contribution is 8.00. The Bertz CT molecular complexity index is 813. The highest BCUT2D eigenvalue weighted by Crippen LogP contribution is 2.36. The van der Waals surface area contributed by atoms with E-state index in [4.69, 9.17) is 9.79 Å². The van der Waals surface area contributed by atoms with Crippen LogP contribution in [0.15, 0.2) is 12.2 Å². The van der Waals surface area contributed by atoms with Crippen LogP contribution in [0.3, 0.4) is 0 Å². The van der Waals surface area contributed by atoms with E-state index in [2.05, 4.69) is 27.4 Å². The van der Waals surface area contributed by atoms with Crippen LogP contribution in [0.1, 0.15) is 110 Å². The number of aliphatic hydroxyl groups excluding tert-OH is 1. The molecule has 0 saturated carbocycles. The third-order valence-corrected chi connectivity index (χ3v) is 9.56. The number of carbonyl (C=O) groups excluding carboxylic acids is 2. The number of phosphoric ester groups is 1. The lowest BCUT2D eigenvalue weighted by molar-refractivity contribution is -0.123. The zero-order valence-corrected chi connectivity index (χ0v) is 25.8. The minimum atomic E-state index is -4.74. The number of urea groups is 1. The fraction of sp³-hybridized carbons (Fsp3) is 0.857. The number of amides is 3. The van der Waals surface area contributed by atoms with Crippen molar-refractivity contribution in [1.29, 1.82) is 0 Å². The molecule has 3 amide bonds. The van der Waals surface area contributed by atoms with Gasteiger partial charge in [0.1, 0.15) is 0 Å². The van der Waals surface area contributed by atoms with E-state index in [9.17, 15) is 19.3 Å². The van der Waals surface area contributed by atoms with E-state index in [1.807, 2.05) is 17.8 Å². The minimum absolute atomic E-state index is 0.116. The molecule has 0 aromatic heterocycles. The number of aliphatic hydroxyl groups is 1. The second-order valence-corrected chi connectivity index (χ2v) is 13.6. The molecule has 40 heavy (non-hydrogen) atoms. The molecule has 0 aromatic carbocycles. The monoisotopic (exact) mass is 605 g/mol. The van der Waals surface area contributed by atoms with Crippen LogP contribution in [0.4, 0.5) is 4.79 Å². The van der Waals surface area contributed by atoms with E-state index >= 15 is 0 Å². The van der Waals surface area contributed by atoms with Gasteiger partial charge in [0.05, 0.1) is 30.8 Å². The first kappa shape index (κ1) is 35.1. The van der Waals surface area contributed by atoms with Crippen LogP contribution < -0.4 is 16.0 Å². The summed E-state index contributed by atoms with van der Waals surface area (Å²) >= 11 is 1.83. The summed E-state index contributed by atoms with van der Waals surface area (Å²) in [6.45, 7) is 1.74. The maximum absolute atomic E-state index is 12.5. The largest absolute Gasteiger partial charge is 0.469 e. The first-order valence-corrected chi connectivity index (χ1v) is 17.8. The van der Waals surface area contributed by atoms with E-state index in [1.54, 1.807) is 6.08 Å². The highest BCUT2D eigenvalue weighted by atomic mass is 32.2. The van der Waals surface area contributed by atoms with E-state index in [0.29, 0.717) is 11.7 Å². The molecule has 12 heteroatoms. The number of rotatable bonds is 23. The van der Waals surface area contributed by atoms with Gasteiger partial charge in [-0.15, -0.1) is 0 Å². The second kappa shape index (κ2) is 19.9. The number of fused-ring (bicyclic) bond motifs is 1. The Labute approximate surface area is 244 Å². The van der Waals surface area contributed by atoms with Crippen LogP contribution >= 0.6 is 19.6 Å². The molecule has 0 aromatic rings. The number of allylic oxidation sites excluding steroid dienone is 1. The van der Waals surface area contributed by atoms with Crippen molar-refractivity contribution in [3.05, 3.63) is 12.2 Å². The second-order valence-electron chi connectivity index (χ2n) is 11.1. The van der Waals surface area contributed by atoms with E-state index in [-0.39, 0.29) is 30.4 Å². The van der Waals surface area contributed by atoms with Crippen molar-refractivity contribution in [2.45, 2.75) is 139 Å². The number of hydrogen-bond donors (Lipinski definition) is 6. The van der Waals surface area contributed by atoms with Gasteiger partial charge in [0.15, 0.2) is 0 Å². The van der Waals surface area contributed by atoms with Gasteiger partial charge in [-0.25, -0.2) is 9.36 Å². The topological polar surface area (TPSA) is 157 Å². The first-order chi connectivity index (χ1) is 19.2. The van der Waals surface area contributed by atoms with Crippen LogP contribution in [0.25, 0.3) is 0 Å². The van der Waals surface area contributed by atoms with Crippen LogP contribution in [-0.4, -0.2) is 68.7 Å². The molecule has 232 valence electrons. The third kappa shape index (κ3) is 15.2. The number of thioether (sulfide) groups is 1. The molecular weight excluding hydrogens is 553 g/mol. The molecule has 0 bridgehead atoms. The van der Waals surface area contributed by atoms with E-state index in [1.165, 1.54) is 57.8 Å². The molecule has 0 radical (unpaired) electrons. The summed E-state index contributed by atoms with van der Waals surface area (Å²) in [5, 5.41) is 19.5. The smallest absolute Gasteiger partial charge is 0.387 e.